The summed E-state index contributed by atoms with van der Waals surface area (Å²) in [6.45, 7) is 9.78. The molecular weight excluding hydrogens is 455 g/mol. The Hall–Kier alpha value is -1.09. The Labute approximate surface area is 179 Å². The van der Waals surface area contributed by atoms with E-state index in [1.807, 2.05) is 32.2 Å². The topological polar surface area (TPSA) is 59.0 Å². The van der Waals surface area contributed by atoms with E-state index in [2.05, 4.69) is 22.1 Å². The van der Waals surface area contributed by atoms with Crippen molar-refractivity contribution in [1.29, 1.82) is 0 Å². The summed E-state index contributed by atoms with van der Waals surface area (Å²) in [6.07, 6.45) is 5.44. The summed E-state index contributed by atoms with van der Waals surface area (Å²) in [7, 11) is 0. The third kappa shape index (κ3) is 4.50. The van der Waals surface area contributed by atoms with Crippen molar-refractivity contribution in [3.63, 3.8) is 0 Å². The van der Waals surface area contributed by atoms with Crippen LogP contribution in [0.3, 0.4) is 0 Å². The van der Waals surface area contributed by atoms with Crippen molar-refractivity contribution in [1.82, 2.24) is 15.2 Å². The van der Waals surface area contributed by atoms with Crippen molar-refractivity contribution >= 4 is 29.9 Å². The van der Waals surface area contributed by atoms with E-state index >= 15 is 0 Å². The van der Waals surface area contributed by atoms with Gasteiger partial charge in [0.1, 0.15) is 0 Å². The minimum atomic E-state index is 0. The maximum absolute atomic E-state index is 6.09. The first kappa shape index (κ1) is 20.6. The quantitative estimate of drug-likeness (QED) is 0.394. The normalized spacial score (nSPS) is 29.0. The van der Waals surface area contributed by atoms with E-state index in [1.54, 1.807) is 0 Å². The highest BCUT2D eigenvalue weighted by Gasteiger charge is 2.53. The molecule has 0 radical (unpaired) electrons. The van der Waals surface area contributed by atoms with Gasteiger partial charge in [0, 0.05) is 43.7 Å². The molecule has 1 aromatic heterocycles. The zero-order valence-corrected chi connectivity index (χ0v) is 18.8. The fourth-order valence-electron chi connectivity index (χ4n) is 4.54. The number of halogens is 1. The van der Waals surface area contributed by atoms with Crippen LogP contribution in [0, 0.1) is 11.8 Å². The van der Waals surface area contributed by atoms with Crippen LogP contribution in [0.15, 0.2) is 23.3 Å². The van der Waals surface area contributed by atoms with Crippen molar-refractivity contribution in [2.24, 2.45) is 16.8 Å². The molecule has 1 N–H and O–H groups in total. The Balaban J connectivity index is 0.00000210. The molecule has 3 fully saturated rings. The first-order chi connectivity index (χ1) is 12.6. The minimum absolute atomic E-state index is 0. The average Bonchev–Trinajstić information content (AvgIpc) is 3.32. The number of fused-ring (bicyclic) bond motifs is 5. The SMILES string of the molecule is CCNC(=NCc1ccc(OC(C)C)nc1)N1CC2C3CCC(O3)C2C1.I. The van der Waals surface area contributed by atoms with E-state index in [9.17, 15) is 0 Å². The van der Waals surface area contributed by atoms with E-state index < -0.39 is 0 Å². The molecule has 4 heterocycles. The monoisotopic (exact) mass is 486 g/mol. The molecule has 3 aliphatic rings. The van der Waals surface area contributed by atoms with Crippen LogP contribution in [0.2, 0.25) is 0 Å². The number of rotatable bonds is 5. The summed E-state index contributed by atoms with van der Waals surface area (Å²) < 4.78 is 11.7. The first-order valence-electron chi connectivity index (χ1n) is 9.94. The molecule has 0 amide bonds. The summed E-state index contributed by atoms with van der Waals surface area (Å²) in [6, 6.07) is 3.97. The fraction of sp³-hybridized carbons (Fsp3) is 0.700. The van der Waals surface area contributed by atoms with Crippen LogP contribution in [0.25, 0.3) is 0 Å². The summed E-state index contributed by atoms with van der Waals surface area (Å²) in [5.41, 5.74) is 1.10. The summed E-state index contributed by atoms with van der Waals surface area (Å²) in [5.74, 6) is 3.06. The maximum atomic E-state index is 6.09. The van der Waals surface area contributed by atoms with Crippen molar-refractivity contribution < 1.29 is 9.47 Å². The molecule has 0 aromatic carbocycles. The number of pyridine rings is 1. The smallest absolute Gasteiger partial charge is 0.213 e. The van der Waals surface area contributed by atoms with Gasteiger partial charge in [-0.25, -0.2) is 9.98 Å². The zero-order chi connectivity index (χ0) is 18.1. The van der Waals surface area contributed by atoms with Gasteiger partial charge in [0.15, 0.2) is 5.96 Å². The van der Waals surface area contributed by atoms with Gasteiger partial charge in [0.2, 0.25) is 5.88 Å². The highest BCUT2D eigenvalue weighted by atomic mass is 127. The Morgan fingerprint density at radius 1 is 1.30 bits per heavy atom. The van der Waals surface area contributed by atoms with Crippen LogP contribution in [0.5, 0.6) is 5.88 Å². The van der Waals surface area contributed by atoms with Gasteiger partial charge in [-0.3, -0.25) is 0 Å². The molecule has 1 aromatic rings. The fourth-order valence-corrected chi connectivity index (χ4v) is 4.54. The highest BCUT2D eigenvalue weighted by Crippen LogP contribution is 2.47. The van der Waals surface area contributed by atoms with Crippen molar-refractivity contribution in [2.75, 3.05) is 19.6 Å². The molecule has 2 bridgehead atoms. The lowest BCUT2D eigenvalue weighted by Gasteiger charge is -2.23. The van der Waals surface area contributed by atoms with E-state index in [1.165, 1.54) is 12.8 Å². The van der Waals surface area contributed by atoms with Crippen LogP contribution < -0.4 is 10.1 Å². The second-order valence-corrected chi connectivity index (χ2v) is 7.86. The third-order valence-electron chi connectivity index (χ3n) is 5.65. The Bertz CT molecular complexity index is 634. The van der Waals surface area contributed by atoms with Gasteiger partial charge in [-0.2, -0.15) is 0 Å². The predicted octanol–water partition coefficient (Wildman–Crippen LogP) is 3.06. The lowest BCUT2D eigenvalue weighted by molar-refractivity contribution is 0.0767. The first-order valence-corrected chi connectivity index (χ1v) is 9.94. The lowest BCUT2D eigenvalue weighted by Crippen LogP contribution is -2.41. The molecular formula is C20H31IN4O2. The van der Waals surface area contributed by atoms with Crippen LogP contribution in [0.1, 0.15) is 39.2 Å². The molecule has 0 spiro atoms. The maximum Gasteiger partial charge on any atom is 0.213 e. The van der Waals surface area contributed by atoms with Crippen molar-refractivity contribution in [3.8, 4) is 5.88 Å². The van der Waals surface area contributed by atoms with Gasteiger partial charge in [0.25, 0.3) is 0 Å². The number of ether oxygens (including phenoxy) is 2. The number of hydrogen-bond acceptors (Lipinski definition) is 4. The third-order valence-corrected chi connectivity index (χ3v) is 5.65. The molecule has 0 aliphatic carbocycles. The predicted molar refractivity (Wildman–Crippen MR) is 117 cm³/mol. The molecule has 7 heteroatoms. The van der Waals surface area contributed by atoms with E-state index in [-0.39, 0.29) is 30.1 Å². The van der Waals surface area contributed by atoms with Gasteiger partial charge in [-0.05, 0) is 39.2 Å². The van der Waals surface area contributed by atoms with Crippen LogP contribution in [-0.4, -0.2) is 53.8 Å². The van der Waals surface area contributed by atoms with Crippen LogP contribution in [-0.2, 0) is 11.3 Å². The molecule has 0 saturated carbocycles. The number of likely N-dealkylation sites (tertiary alicyclic amines) is 1. The minimum Gasteiger partial charge on any atom is -0.475 e. The number of aliphatic imine (C=N–C) groups is 1. The standard InChI is InChI=1S/C20H30N4O2.HI/c1-4-21-20(23-10-14-5-8-19(22-9-14)25-13(2)3)24-11-15-16(12-24)18-7-6-17(15)26-18;/h5,8-9,13,15-18H,4,6-7,10-12H2,1-3H3,(H,21,23);1H. The Morgan fingerprint density at radius 3 is 2.56 bits per heavy atom. The molecule has 3 saturated heterocycles. The van der Waals surface area contributed by atoms with Crippen molar-refractivity contribution in [2.45, 2.75) is 58.5 Å². The van der Waals surface area contributed by atoms with Gasteiger partial charge in [-0.1, -0.05) is 6.07 Å². The molecule has 6 nitrogen and oxygen atoms in total. The molecule has 4 rings (SSSR count). The summed E-state index contributed by atoms with van der Waals surface area (Å²) in [4.78, 5) is 11.7. The number of nitrogens with one attached hydrogen (secondary N) is 1. The number of aromatic nitrogens is 1. The van der Waals surface area contributed by atoms with Crippen LogP contribution >= 0.6 is 24.0 Å². The largest absolute Gasteiger partial charge is 0.475 e. The van der Waals surface area contributed by atoms with E-state index in [0.29, 0.717) is 36.5 Å². The van der Waals surface area contributed by atoms with Crippen molar-refractivity contribution in [3.05, 3.63) is 23.9 Å². The highest BCUT2D eigenvalue weighted by molar-refractivity contribution is 14.0. The zero-order valence-electron chi connectivity index (χ0n) is 16.4. The molecule has 27 heavy (non-hydrogen) atoms. The van der Waals surface area contributed by atoms with Gasteiger partial charge >= 0.3 is 0 Å². The van der Waals surface area contributed by atoms with Gasteiger partial charge in [-0.15, -0.1) is 24.0 Å². The molecule has 150 valence electrons. The van der Waals surface area contributed by atoms with Gasteiger partial charge < -0.3 is 19.7 Å². The summed E-state index contributed by atoms with van der Waals surface area (Å²) in [5, 5.41) is 3.46. The number of hydrogen-bond donors (Lipinski definition) is 1. The average molecular weight is 486 g/mol. The number of nitrogens with zero attached hydrogens (tertiary/aromatic N) is 3. The Kier molecular flexibility index (Phi) is 6.83. The molecule has 4 unspecified atom stereocenters. The summed E-state index contributed by atoms with van der Waals surface area (Å²) >= 11 is 0. The van der Waals surface area contributed by atoms with Crippen LogP contribution in [0.4, 0.5) is 0 Å². The Morgan fingerprint density at radius 2 is 2.00 bits per heavy atom. The second kappa shape index (κ2) is 8.94. The molecule has 3 aliphatic heterocycles. The molecule has 4 atom stereocenters. The second-order valence-electron chi connectivity index (χ2n) is 7.86. The number of guanidine groups is 1. The van der Waals surface area contributed by atoms with E-state index in [0.717, 1.165) is 31.2 Å². The van der Waals surface area contributed by atoms with Gasteiger partial charge in [0.05, 0.1) is 24.9 Å². The lowest BCUT2D eigenvalue weighted by atomic mass is 9.82. The van der Waals surface area contributed by atoms with E-state index in [4.69, 9.17) is 14.5 Å².